The highest BCUT2D eigenvalue weighted by Gasteiger charge is 2.25. The Balaban J connectivity index is 1.59. The monoisotopic (exact) mass is 326 g/mol. The Labute approximate surface area is 140 Å². The van der Waals surface area contributed by atoms with Crippen LogP contribution in [0, 0.1) is 6.92 Å². The average molecular weight is 326 g/mol. The molecule has 1 saturated heterocycles. The van der Waals surface area contributed by atoms with E-state index in [0.717, 1.165) is 50.4 Å². The van der Waals surface area contributed by atoms with E-state index >= 15 is 0 Å². The molecule has 0 bridgehead atoms. The molecule has 6 heteroatoms. The third kappa shape index (κ3) is 2.78. The van der Waals surface area contributed by atoms with Crippen LogP contribution >= 0.6 is 0 Å². The zero-order valence-electron chi connectivity index (χ0n) is 13.8. The Kier molecular flexibility index (Phi) is 3.98. The minimum atomic E-state index is -0.121. The molecule has 1 aromatic heterocycles. The van der Waals surface area contributed by atoms with Crippen molar-refractivity contribution in [2.45, 2.75) is 38.9 Å². The normalized spacial score (nSPS) is 17.8. The first kappa shape index (κ1) is 15.2. The molecule has 6 nitrogen and oxygen atoms in total. The molecule has 0 unspecified atom stereocenters. The number of H-pyrrole nitrogens is 1. The Morgan fingerprint density at radius 2 is 2.12 bits per heavy atom. The number of aromatic nitrogens is 2. The lowest BCUT2D eigenvalue weighted by molar-refractivity contribution is 0.0904. The number of nitrogens with zero attached hydrogens (tertiary/aromatic N) is 2. The van der Waals surface area contributed by atoms with E-state index in [1.165, 1.54) is 16.8 Å². The van der Waals surface area contributed by atoms with Gasteiger partial charge in [0.1, 0.15) is 0 Å². The molecule has 0 aliphatic carbocycles. The van der Waals surface area contributed by atoms with Crippen molar-refractivity contribution in [2.24, 2.45) is 0 Å². The van der Waals surface area contributed by atoms with Crippen molar-refractivity contribution in [1.29, 1.82) is 0 Å². The fourth-order valence-electron chi connectivity index (χ4n) is 3.56. The molecule has 1 aromatic carbocycles. The Morgan fingerprint density at radius 1 is 1.29 bits per heavy atom. The maximum atomic E-state index is 11.8. The van der Waals surface area contributed by atoms with Gasteiger partial charge in [0.15, 0.2) is 0 Å². The molecule has 24 heavy (non-hydrogen) atoms. The number of rotatable bonds is 3. The quantitative estimate of drug-likeness (QED) is 0.905. The first-order chi connectivity index (χ1) is 11.7. The third-order valence-electron chi connectivity index (χ3n) is 4.98. The van der Waals surface area contributed by atoms with Crippen LogP contribution in [0.2, 0.25) is 0 Å². The van der Waals surface area contributed by atoms with Crippen LogP contribution in [0.3, 0.4) is 0 Å². The molecule has 2 aromatic rings. The van der Waals surface area contributed by atoms with E-state index in [4.69, 9.17) is 4.74 Å². The largest absolute Gasteiger partial charge is 0.382 e. The number of hydrogen-bond acceptors (Lipinski definition) is 5. The van der Waals surface area contributed by atoms with Crippen molar-refractivity contribution in [3.8, 4) is 0 Å². The molecule has 4 rings (SSSR count). The van der Waals surface area contributed by atoms with Crippen molar-refractivity contribution >= 4 is 11.4 Å². The third-order valence-corrected chi connectivity index (χ3v) is 4.98. The van der Waals surface area contributed by atoms with Crippen molar-refractivity contribution in [2.75, 3.05) is 23.4 Å². The lowest BCUT2D eigenvalue weighted by Crippen LogP contribution is -2.28. The van der Waals surface area contributed by atoms with E-state index in [9.17, 15) is 4.79 Å². The fraction of sp³-hybridized carbons (Fsp3) is 0.444. The predicted octanol–water partition coefficient (Wildman–Crippen LogP) is 2.19. The summed E-state index contributed by atoms with van der Waals surface area (Å²) in [7, 11) is 0. The minimum absolute atomic E-state index is 0.121. The first-order valence-corrected chi connectivity index (χ1v) is 8.46. The Hall–Kier alpha value is -2.34. The summed E-state index contributed by atoms with van der Waals surface area (Å²) in [5.41, 5.74) is 5.35. The van der Waals surface area contributed by atoms with Gasteiger partial charge in [-0.25, -0.2) is 5.10 Å². The number of ether oxygens (including phenoxy) is 1. The molecule has 126 valence electrons. The van der Waals surface area contributed by atoms with E-state index < -0.39 is 0 Å². The number of nitrogens with one attached hydrogen (secondary N) is 2. The second kappa shape index (κ2) is 6.28. The van der Waals surface area contributed by atoms with Gasteiger partial charge in [0, 0.05) is 43.6 Å². The summed E-state index contributed by atoms with van der Waals surface area (Å²) in [6.07, 6.45) is 3.84. The van der Waals surface area contributed by atoms with Gasteiger partial charge in [-0.15, -0.1) is 0 Å². The number of hydrogen-bond donors (Lipinski definition) is 2. The molecule has 0 radical (unpaired) electrons. The van der Waals surface area contributed by atoms with Gasteiger partial charge in [-0.2, -0.15) is 5.10 Å². The molecule has 0 atom stereocenters. The van der Waals surface area contributed by atoms with Crippen molar-refractivity contribution in [1.82, 2.24) is 10.2 Å². The summed E-state index contributed by atoms with van der Waals surface area (Å²) < 4.78 is 5.44. The maximum Gasteiger partial charge on any atom is 0.269 e. The number of anilines is 2. The standard InChI is InChI=1S/C18H22N4O2/c1-12-17(9-19-21-18(12)23)22-10-13-3-2-4-16(15(13)11-22)20-14-5-7-24-8-6-14/h2-4,9,14,20H,5-8,10-11H2,1H3,(H,21,23). The second-order valence-electron chi connectivity index (χ2n) is 6.54. The van der Waals surface area contributed by atoms with Crippen molar-refractivity contribution in [3.05, 3.63) is 51.4 Å². The van der Waals surface area contributed by atoms with Crippen LogP contribution in [0.5, 0.6) is 0 Å². The van der Waals surface area contributed by atoms with Crippen LogP contribution in [-0.2, 0) is 17.8 Å². The number of fused-ring (bicyclic) bond motifs is 1. The van der Waals surface area contributed by atoms with Gasteiger partial charge in [0.05, 0.1) is 11.9 Å². The summed E-state index contributed by atoms with van der Waals surface area (Å²) >= 11 is 0. The van der Waals surface area contributed by atoms with E-state index in [2.05, 4.69) is 38.6 Å². The molecular weight excluding hydrogens is 304 g/mol. The van der Waals surface area contributed by atoms with Crippen molar-refractivity contribution < 1.29 is 4.74 Å². The Bertz CT molecular complexity index is 796. The molecule has 1 fully saturated rings. The summed E-state index contributed by atoms with van der Waals surface area (Å²) in [5, 5.41) is 10.1. The highest BCUT2D eigenvalue weighted by Crippen LogP contribution is 2.33. The highest BCUT2D eigenvalue weighted by atomic mass is 16.5. The van der Waals surface area contributed by atoms with Gasteiger partial charge < -0.3 is 15.0 Å². The number of benzene rings is 1. The van der Waals surface area contributed by atoms with Crippen molar-refractivity contribution in [3.63, 3.8) is 0 Å². The van der Waals surface area contributed by atoms with Crippen LogP contribution in [0.4, 0.5) is 11.4 Å². The molecule has 2 N–H and O–H groups in total. The van der Waals surface area contributed by atoms with Crippen LogP contribution in [0.1, 0.15) is 29.5 Å². The maximum absolute atomic E-state index is 11.8. The highest BCUT2D eigenvalue weighted by molar-refractivity contribution is 5.62. The number of aromatic amines is 1. The summed E-state index contributed by atoms with van der Waals surface area (Å²) in [6.45, 7) is 5.12. The SMILES string of the molecule is Cc1c(N2Cc3cccc(NC4CCOCC4)c3C2)cn[nH]c1=O. The molecule has 0 saturated carbocycles. The Morgan fingerprint density at radius 3 is 2.96 bits per heavy atom. The van der Waals surface area contributed by atoms with Gasteiger partial charge in [0.25, 0.3) is 5.56 Å². The van der Waals surface area contributed by atoms with Gasteiger partial charge >= 0.3 is 0 Å². The zero-order valence-corrected chi connectivity index (χ0v) is 13.8. The average Bonchev–Trinajstić information content (AvgIpc) is 3.03. The predicted molar refractivity (Wildman–Crippen MR) is 93.4 cm³/mol. The minimum Gasteiger partial charge on any atom is -0.382 e. The van der Waals surface area contributed by atoms with Gasteiger partial charge in [-0.05, 0) is 37.0 Å². The van der Waals surface area contributed by atoms with E-state index in [1.807, 2.05) is 6.92 Å². The topological polar surface area (TPSA) is 70.2 Å². The molecule has 3 heterocycles. The molecule has 0 amide bonds. The van der Waals surface area contributed by atoms with Crippen LogP contribution in [0.15, 0.2) is 29.2 Å². The van der Waals surface area contributed by atoms with Gasteiger partial charge in [-0.3, -0.25) is 4.79 Å². The lowest BCUT2D eigenvalue weighted by atomic mass is 10.1. The van der Waals surface area contributed by atoms with E-state index in [1.54, 1.807) is 6.20 Å². The lowest BCUT2D eigenvalue weighted by Gasteiger charge is -2.25. The summed E-state index contributed by atoms with van der Waals surface area (Å²) in [4.78, 5) is 14.0. The second-order valence-corrected chi connectivity index (χ2v) is 6.54. The van der Waals surface area contributed by atoms with Crippen LogP contribution < -0.4 is 15.8 Å². The molecule has 2 aliphatic rings. The van der Waals surface area contributed by atoms with E-state index in [0.29, 0.717) is 6.04 Å². The molecule has 2 aliphatic heterocycles. The summed E-state index contributed by atoms with van der Waals surface area (Å²) in [5.74, 6) is 0. The van der Waals surface area contributed by atoms with Crippen LogP contribution in [0.25, 0.3) is 0 Å². The van der Waals surface area contributed by atoms with Gasteiger partial charge in [0.2, 0.25) is 0 Å². The first-order valence-electron chi connectivity index (χ1n) is 8.46. The fourth-order valence-corrected chi connectivity index (χ4v) is 3.56. The van der Waals surface area contributed by atoms with E-state index in [-0.39, 0.29) is 5.56 Å². The smallest absolute Gasteiger partial charge is 0.269 e. The zero-order chi connectivity index (χ0) is 16.5. The van der Waals surface area contributed by atoms with Gasteiger partial charge in [-0.1, -0.05) is 12.1 Å². The molecular formula is C18H22N4O2. The van der Waals surface area contributed by atoms with Crippen LogP contribution in [-0.4, -0.2) is 29.5 Å². The summed E-state index contributed by atoms with van der Waals surface area (Å²) in [6, 6.07) is 6.90. The molecule has 0 spiro atoms.